The van der Waals surface area contributed by atoms with Gasteiger partial charge in [0.05, 0.1) is 17.4 Å². The summed E-state index contributed by atoms with van der Waals surface area (Å²) in [6.07, 6.45) is 0. The third-order valence-electron chi connectivity index (χ3n) is 4.88. The van der Waals surface area contributed by atoms with Crippen molar-refractivity contribution in [2.24, 2.45) is 0 Å². The number of amides is 1. The molecule has 1 amide bonds. The zero-order chi connectivity index (χ0) is 19.4. The summed E-state index contributed by atoms with van der Waals surface area (Å²) in [6.45, 7) is 6.83. The molecule has 0 spiro atoms. The lowest BCUT2D eigenvalue weighted by Gasteiger charge is -2.42. The van der Waals surface area contributed by atoms with Gasteiger partial charge in [-0.25, -0.2) is 0 Å². The van der Waals surface area contributed by atoms with E-state index >= 15 is 0 Å². The first-order valence-electron chi connectivity index (χ1n) is 9.46. The number of carbonyl (C=O) groups is 1. The van der Waals surface area contributed by atoms with Crippen molar-refractivity contribution in [3.05, 3.63) is 54.1 Å². The number of carbonyl (C=O) groups excluding carboxylic acids is 1. The molecular formula is C22H29N3O2. The van der Waals surface area contributed by atoms with E-state index in [0.29, 0.717) is 6.61 Å². The van der Waals surface area contributed by atoms with Crippen molar-refractivity contribution in [3.63, 3.8) is 0 Å². The van der Waals surface area contributed by atoms with Gasteiger partial charge >= 0.3 is 0 Å². The topological polar surface area (TPSA) is 36.0 Å². The number of hydrogen-bond donors (Lipinski definition) is 0. The van der Waals surface area contributed by atoms with Gasteiger partial charge in [0.1, 0.15) is 12.4 Å². The second-order valence-electron chi connectivity index (χ2n) is 7.37. The van der Waals surface area contributed by atoms with Gasteiger partial charge in [-0.3, -0.25) is 4.79 Å². The highest BCUT2D eigenvalue weighted by molar-refractivity contribution is 5.97. The number of para-hydroxylation sites is 3. The number of benzene rings is 2. The highest BCUT2D eigenvalue weighted by Gasteiger charge is 2.30. The molecule has 5 heteroatoms. The van der Waals surface area contributed by atoms with Gasteiger partial charge in [0.15, 0.2) is 0 Å². The van der Waals surface area contributed by atoms with E-state index in [9.17, 15) is 4.79 Å². The van der Waals surface area contributed by atoms with Gasteiger partial charge in [0.25, 0.3) is 0 Å². The first-order valence-corrected chi connectivity index (χ1v) is 9.46. The van der Waals surface area contributed by atoms with Crippen LogP contribution in [0.15, 0.2) is 48.5 Å². The Morgan fingerprint density at radius 1 is 1.11 bits per heavy atom. The van der Waals surface area contributed by atoms with Crippen LogP contribution >= 0.6 is 0 Å². The second-order valence-corrected chi connectivity index (χ2v) is 7.37. The summed E-state index contributed by atoms with van der Waals surface area (Å²) in [6, 6.07) is 16.5. The molecule has 0 saturated carbocycles. The van der Waals surface area contributed by atoms with E-state index in [4.69, 9.17) is 4.74 Å². The Balaban J connectivity index is 1.84. The lowest BCUT2D eigenvalue weighted by molar-refractivity contribution is -0.117. The van der Waals surface area contributed by atoms with E-state index in [1.807, 2.05) is 49.3 Å². The summed E-state index contributed by atoms with van der Waals surface area (Å²) in [5.41, 5.74) is 3.23. The normalized spacial score (nSPS) is 16.4. The molecule has 0 radical (unpaired) electrons. The van der Waals surface area contributed by atoms with Crippen molar-refractivity contribution in [2.45, 2.75) is 26.4 Å². The smallest absolute Gasteiger partial charge is 0.224 e. The molecule has 1 atom stereocenters. The van der Waals surface area contributed by atoms with Crippen LogP contribution in [0.3, 0.4) is 0 Å². The van der Waals surface area contributed by atoms with Crippen LogP contribution in [-0.2, 0) is 11.3 Å². The molecule has 0 aromatic heterocycles. The third kappa shape index (κ3) is 4.42. The maximum atomic E-state index is 12.1. The van der Waals surface area contributed by atoms with Crippen LogP contribution < -0.4 is 14.5 Å². The maximum Gasteiger partial charge on any atom is 0.224 e. The Morgan fingerprint density at radius 2 is 1.78 bits per heavy atom. The summed E-state index contributed by atoms with van der Waals surface area (Å²) in [5, 5.41) is 0. The lowest BCUT2D eigenvalue weighted by atomic mass is 10.1. The van der Waals surface area contributed by atoms with E-state index in [1.165, 1.54) is 0 Å². The number of likely N-dealkylation sites (N-methyl/N-ethyl adjacent to an activating group) is 1. The molecule has 1 aliphatic heterocycles. The molecule has 1 aliphatic rings. The molecule has 5 nitrogen and oxygen atoms in total. The van der Waals surface area contributed by atoms with Crippen LogP contribution in [-0.4, -0.2) is 50.6 Å². The predicted octanol–water partition coefficient (Wildman–Crippen LogP) is 3.39. The van der Waals surface area contributed by atoms with Crippen LogP contribution in [0.25, 0.3) is 0 Å². The van der Waals surface area contributed by atoms with Crippen LogP contribution in [0.4, 0.5) is 11.4 Å². The fourth-order valence-corrected chi connectivity index (χ4v) is 3.62. The Bertz CT molecular complexity index is 791. The molecule has 0 fully saturated rings. The van der Waals surface area contributed by atoms with Gasteiger partial charge in [-0.2, -0.15) is 0 Å². The number of hydrogen-bond acceptors (Lipinski definition) is 4. The number of fused-ring (bicyclic) bond motifs is 1. The molecule has 0 N–H and O–H groups in total. The summed E-state index contributed by atoms with van der Waals surface area (Å²) in [7, 11) is 4.09. The standard InChI is InChI=1S/C22H29N3O2/c1-17-15-24(20-10-6-7-11-21(20)25(17)18(2)26)16-19-9-5-8-12-22(19)27-14-13-23(3)4/h5-12,17H,13-16H2,1-4H3/t17-/m0/s1. The number of nitrogens with zero attached hydrogens (tertiary/aromatic N) is 3. The van der Waals surface area contributed by atoms with Gasteiger partial charge in [-0.15, -0.1) is 0 Å². The highest BCUT2D eigenvalue weighted by atomic mass is 16.5. The molecule has 2 aromatic rings. The second kappa shape index (κ2) is 8.44. The summed E-state index contributed by atoms with van der Waals surface area (Å²) < 4.78 is 6.03. The van der Waals surface area contributed by atoms with E-state index in [2.05, 4.69) is 34.9 Å². The van der Waals surface area contributed by atoms with Crippen LogP contribution in [0.2, 0.25) is 0 Å². The average molecular weight is 367 g/mol. The Hall–Kier alpha value is -2.53. The maximum absolute atomic E-state index is 12.1. The highest BCUT2D eigenvalue weighted by Crippen LogP contribution is 2.37. The summed E-state index contributed by atoms with van der Waals surface area (Å²) >= 11 is 0. The molecule has 1 heterocycles. The fourth-order valence-electron chi connectivity index (χ4n) is 3.62. The minimum absolute atomic E-state index is 0.0852. The first-order chi connectivity index (χ1) is 13.0. The van der Waals surface area contributed by atoms with E-state index in [-0.39, 0.29) is 11.9 Å². The molecular weight excluding hydrogens is 338 g/mol. The van der Waals surface area contributed by atoms with Crippen molar-refractivity contribution >= 4 is 17.3 Å². The number of rotatable bonds is 6. The van der Waals surface area contributed by atoms with Gasteiger partial charge < -0.3 is 19.4 Å². The number of ether oxygens (including phenoxy) is 1. The van der Waals surface area contributed by atoms with Crippen molar-refractivity contribution in [1.82, 2.24) is 4.90 Å². The lowest BCUT2D eigenvalue weighted by Crippen LogP contribution is -2.49. The van der Waals surface area contributed by atoms with Crippen molar-refractivity contribution in [3.8, 4) is 5.75 Å². The molecule has 3 rings (SSSR count). The largest absolute Gasteiger partial charge is 0.492 e. The first kappa shape index (κ1) is 19.2. The van der Waals surface area contributed by atoms with E-state index in [0.717, 1.165) is 42.3 Å². The van der Waals surface area contributed by atoms with Gasteiger partial charge in [0.2, 0.25) is 5.91 Å². The van der Waals surface area contributed by atoms with Crippen LogP contribution in [0.5, 0.6) is 5.75 Å². The van der Waals surface area contributed by atoms with Gasteiger partial charge in [0, 0.05) is 32.1 Å². The van der Waals surface area contributed by atoms with E-state index < -0.39 is 0 Å². The molecule has 0 bridgehead atoms. The molecule has 0 unspecified atom stereocenters. The zero-order valence-corrected chi connectivity index (χ0v) is 16.7. The van der Waals surface area contributed by atoms with Crippen LogP contribution in [0.1, 0.15) is 19.4 Å². The number of anilines is 2. The quantitative estimate of drug-likeness (QED) is 0.784. The SMILES string of the molecule is CC(=O)N1c2ccccc2N(Cc2ccccc2OCCN(C)C)C[C@@H]1C. The average Bonchev–Trinajstić information content (AvgIpc) is 2.62. The van der Waals surface area contributed by atoms with Gasteiger partial charge in [-0.1, -0.05) is 30.3 Å². The Labute approximate surface area is 162 Å². The van der Waals surface area contributed by atoms with Gasteiger partial charge in [-0.05, 0) is 39.2 Å². The Kier molecular flexibility index (Phi) is 6.01. The molecule has 0 saturated heterocycles. The minimum atomic E-state index is 0.0852. The monoisotopic (exact) mass is 367 g/mol. The Morgan fingerprint density at radius 3 is 2.48 bits per heavy atom. The van der Waals surface area contributed by atoms with Crippen molar-refractivity contribution in [1.29, 1.82) is 0 Å². The zero-order valence-electron chi connectivity index (χ0n) is 16.7. The molecule has 2 aromatic carbocycles. The molecule has 0 aliphatic carbocycles. The van der Waals surface area contributed by atoms with E-state index in [1.54, 1.807) is 6.92 Å². The van der Waals surface area contributed by atoms with Crippen LogP contribution in [0, 0.1) is 0 Å². The minimum Gasteiger partial charge on any atom is -0.492 e. The summed E-state index contributed by atoms with van der Waals surface area (Å²) in [4.78, 5) is 18.5. The van der Waals surface area contributed by atoms with Crippen molar-refractivity contribution < 1.29 is 9.53 Å². The fraction of sp³-hybridized carbons (Fsp3) is 0.409. The summed E-state index contributed by atoms with van der Waals surface area (Å²) in [5.74, 6) is 1.01. The van der Waals surface area contributed by atoms with Crippen molar-refractivity contribution in [2.75, 3.05) is 43.6 Å². The third-order valence-corrected chi connectivity index (χ3v) is 4.88. The predicted molar refractivity (Wildman–Crippen MR) is 111 cm³/mol. The molecule has 27 heavy (non-hydrogen) atoms. The molecule has 144 valence electrons.